The van der Waals surface area contributed by atoms with Gasteiger partial charge in [0, 0.05) is 7.05 Å². The molecule has 0 bridgehead atoms. The van der Waals surface area contributed by atoms with Gasteiger partial charge in [-0.3, -0.25) is 0 Å². The summed E-state index contributed by atoms with van der Waals surface area (Å²) < 4.78 is 21.6. The Labute approximate surface area is 122 Å². The first-order valence-electron chi connectivity index (χ1n) is 6.11. The van der Waals surface area contributed by atoms with Crippen molar-refractivity contribution in [3.05, 3.63) is 23.3 Å². The van der Waals surface area contributed by atoms with Gasteiger partial charge in [0.15, 0.2) is 23.3 Å². The number of aliphatic hydroxyl groups is 1. The van der Waals surface area contributed by atoms with Crippen LogP contribution in [0, 0.1) is 0 Å². The lowest BCUT2D eigenvalue weighted by Gasteiger charge is -2.11. The normalized spacial score (nSPS) is 30.4. The second-order valence-electron chi connectivity index (χ2n) is 4.88. The van der Waals surface area contributed by atoms with Gasteiger partial charge < -0.3 is 25.5 Å². The zero-order chi connectivity index (χ0) is 14.9. The number of ether oxygens (including phenoxy) is 1. The first-order chi connectivity index (χ1) is 9.98. The highest BCUT2D eigenvalue weighted by Gasteiger charge is 2.78. The molecule has 0 radical (unpaired) electrons. The lowest BCUT2D eigenvalue weighted by Crippen LogP contribution is -2.17. The first kappa shape index (κ1) is 12.5. The number of nitrogen functional groups attached to an aromatic ring is 1. The number of anilines is 1. The van der Waals surface area contributed by atoms with Gasteiger partial charge in [-0.05, 0) is 11.6 Å². The third-order valence-electron chi connectivity index (χ3n) is 3.79. The molecule has 3 heterocycles. The number of hydrogen-bond donors (Lipinski definition) is 3. The number of nitrogens with two attached hydrogens (primary N) is 1. The minimum absolute atomic E-state index is 0.0374. The molecule has 21 heavy (non-hydrogen) atoms. The van der Waals surface area contributed by atoms with E-state index >= 15 is 0 Å². The van der Waals surface area contributed by atoms with E-state index in [9.17, 15) is 9.50 Å². The molecule has 2 unspecified atom stereocenters. The van der Waals surface area contributed by atoms with Gasteiger partial charge in [0.05, 0.1) is 6.33 Å². The second kappa shape index (κ2) is 3.67. The van der Waals surface area contributed by atoms with Crippen molar-refractivity contribution in [1.82, 2.24) is 24.8 Å². The summed E-state index contributed by atoms with van der Waals surface area (Å²) in [6.45, 7) is 0. The van der Waals surface area contributed by atoms with Gasteiger partial charge in [0.1, 0.15) is 11.6 Å². The molecule has 1 aliphatic carbocycles. The van der Waals surface area contributed by atoms with Gasteiger partial charge in [-0.15, -0.1) is 0 Å². The van der Waals surface area contributed by atoms with Crippen LogP contribution in [0.2, 0.25) is 5.28 Å². The van der Waals surface area contributed by atoms with Crippen molar-refractivity contribution < 1.29 is 14.2 Å². The topological polar surface area (TPSA) is 111 Å². The molecule has 0 spiro atoms. The van der Waals surface area contributed by atoms with Gasteiger partial charge in [-0.1, -0.05) is 0 Å². The molecule has 4 rings (SSSR count). The van der Waals surface area contributed by atoms with Crippen LogP contribution in [0.5, 0.6) is 0 Å². The number of hydrogen-bond acceptors (Lipinski definition) is 7. The fraction of sp³-hybridized carbons (Fsp3) is 0.364. The number of halogens is 2. The van der Waals surface area contributed by atoms with Gasteiger partial charge in [-0.25, -0.2) is 9.37 Å². The molecule has 0 amide bonds. The van der Waals surface area contributed by atoms with Gasteiger partial charge >= 0.3 is 0 Å². The fourth-order valence-corrected chi connectivity index (χ4v) is 2.90. The summed E-state index contributed by atoms with van der Waals surface area (Å²) in [5.41, 5.74) is 4.33. The number of fused-ring (bicyclic) bond motifs is 2. The second-order valence-corrected chi connectivity index (χ2v) is 5.22. The predicted molar refractivity (Wildman–Crippen MR) is 71.2 cm³/mol. The molecule has 2 aromatic rings. The van der Waals surface area contributed by atoms with Crippen LogP contribution in [0.15, 0.2) is 18.0 Å². The van der Waals surface area contributed by atoms with E-state index in [4.69, 9.17) is 22.1 Å². The largest absolute Gasteiger partial charge is 0.504 e. The Kier molecular flexibility index (Phi) is 2.18. The molecule has 2 aliphatic rings. The molecule has 1 aliphatic heterocycles. The standard InChI is InChI=1S/C11H10ClFN6O2/c1-15-9-5(20)11(13)4(6(11)21-9)19-2-16-3-7(14)17-10(12)18-8(3)19/h2,4,6,15,20H,1H3,(H2,14,17,18)/t4-,6?,11?/m1/s1. The van der Waals surface area contributed by atoms with Crippen molar-refractivity contribution in [2.75, 3.05) is 12.8 Å². The summed E-state index contributed by atoms with van der Waals surface area (Å²) in [5.74, 6) is -0.315. The van der Waals surface area contributed by atoms with E-state index in [-0.39, 0.29) is 17.0 Å². The number of rotatable bonds is 2. The molecular formula is C11H10ClFN6O2. The van der Waals surface area contributed by atoms with Gasteiger partial charge in [0.25, 0.3) is 0 Å². The van der Waals surface area contributed by atoms with Crippen LogP contribution in [0.25, 0.3) is 11.2 Å². The minimum Gasteiger partial charge on any atom is -0.504 e. The van der Waals surface area contributed by atoms with E-state index in [0.717, 1.165) is 0 Å². The lowest BCUT2D eigenvalue weighted by atomic mass is 10.3. The molecule has 1 fully saturated rings. The van der Waals surface area contributed by atoms with Crippen LogP contribution in [-0.2, 0) is 4.74 Å². The van der Waals surface area contributed by atoms with Crippen LogP contribution >= 0.6 is 11.6 Å². The predicted octanol–water partition coefficient (Wildman–Crippen LogP) is 0.670. The number of aromatic nitrogens is 4. The Morgan fingerprint density at radius 2 is 2.33 bits per heavy atom. The molecule has 2 aromatic heterocycles. The number of nitrogens with zero attached hydrogens (tertiary/aromatic N) is 4. The number of aliphatic hydroxyl groups excluding tert-OH is 1. The maximum atomic E-state index is 14.8. The molecule has 3 atom stereocenters. The van der Waals surface area contributed by atoms with Crippen LogP contribution < -0.4 is 11.1 Å². The first-order valence-corrected chi connectivity index (χ1v) is 6.48. The Bertz CT molecular complexity index is 807. The molecule has 4 N–H and O–H groups in total. The third-order valence-corrected chi connectivity index (χ3v) is 3.96. The summed E-state index contributed by atoms with van der Waals surface area (Å²) in [6.07, 6.45) is 0.541. The average molecular weight is 313 g/mol. The summed E-state index contributed by atoms with van der Waals surface area (Å²) in [5, 5.41) is 12.4. The number of nitrogens with one attached hydrogen (secondary N) is 1. The lowest BCUT2D eigenvalue weighted by molar-refractivity contribution is 0.165. The zero-order valence-electron chi connectivity index (χ0n) is 10.7. The Balaban J connectivity index is 1.83. The van der Waals surface area contributed by atoms with E-state index in [1.165, 1.54) is 17.9 Å². The van der Waals surface area contributed by atoms with E-state index in [2.05, 4.69) is 20.3 Å². The molecule has 110 valence electrons. The molecule has 0 aromatic carbocycles. The highest BCUT2D eigenvalue weighted by molar-refractivity contribution is 6.28. The SMILES string of the molecule is CNC1=C(O)C2(F)C(O1)[C@H]2n1cnc2c(N)nc(Cl)nc21. The molecular weight excluding hydrogens is 303 g/mol. The molecule has 10 heteroatoms. The van der Waals surface area contributed by atoms with Crippen molar-refractivity contribution in [2.45, 2.75) is 17.8 Å². The maximum Gasteiger partial charge on any atom is 0.235 e. The van der Waals surface area contributed by atoms with Crippen LogP contribution in [0.3, 0.4) is 0 Å². The van der Waals surface area contributed by atoms with Crippen molar-refractivity contribution in [3.63, 3.8) is 0 Å². The van der Waals surface area contributed by atoms with E-state index < -0.39 is 23.6 Å². The summed E-state index contributed by atoms with van der Waals surface area (Å²) >= 11 is 5.77. The average Bonchev–Trinajstić information content (AvgIpc) is 2.74. The van der Waals surface area contributed by atoms with Crippen LogP contribution in [-0.4, -0.2) is 43.4 Å². The molecule has 1 saturated carbocycles. The van der Waals surface area contributed by atoms with E-state index in [1.807, 2.05) is 0 Å². The van der Waals surface area contributed by atoms with Crippen molar-refractivity contribution in [3.8, 4) is 0 Å². The van der Waals surface area contributed by atoms with E-state index in [1.54, 1.807) is 0 Å². The maximum absolute atomic E-state index is 14.8. The van der Waals surface area contributed by atoms with Gasteiger partial charge in [-0.2, -0.15) is 9.97 Å². The Morgan fingerprint density at radius 3 is 2.95 bits per heavy atom. The van der Waals surface area contributed by atoms with Crippen molar-refractivity contribution in [2.24, 2.45) is 0 Å². The summed E-state index contributed by atoms with van der Waals surface area (Å²) in [4.78, 5) is 11.9. The van der Waals surface area contributed by atoms with Crippen LogP contribution in [0.4, 0.5) is 10.2 Å². The highest BCUT2D eigenvalue weighted by atomic mass is 35.5. The van der Waals surface area contributed by atoms with Gasteiger partial charge in [0.2, 0.25) is 16.8 Å². The summed E-state index contributed by atoms with van der Waals surface area (Å²) in [7, 11) is 1.54. The summed E-state index contributed by atoms with van der Waals surface area (Å²) in [6, 6.07) is -0.773. The smallest absolute Gasteiger partial charge is 0.235 e. The highest BCUT2D eigenvalue weighted by Crippen LogP contribution is 2.62. The van der Waals surface area contributed by atoms with Crippen molar-refractivity contribution in [1.29, 1.82) is 0 Å². The Morgan fingerprint density at radius 1 is 1.57 bits per heavy atom. The quantitative estimate of drug-likeness (QED) is 0.699. The Hall–Kier alpha value is -2.29. The number of alkyl halides is 1. The molecule has 0 saturated heterocycles. The minimum atomic E-state index is -2.00. The third kappa shape index (κ3) is 1.36. The van der Waals surface area contributed by atoms with Crippen molar-refractivity contribution >= 4 is 28.6 Å². The van der Waals surface area contributed by atoms with E-state index in [0.29, 0.717) is 11.2 Å². The fourth-order valence-electron chi connectivity index (χ4n) is 2.73. The zero-order valence-corrected chi connectivity index (χ0v) is 11.5. The van der Waals surface area contributed by atoms with Crippen LogP contribution in [0.1, 0.15) is 6.04 Å². The number of imidazole rings is 1. The molecule has 8 nitrogen and oxygen atoms in total. The monoisotopic (exact) mass is 312 g/mol.